The van der Waals surface area contributed by atoms with Crippen molar-refractivity contribution in [1.82, 2.24) is 10.2 Å². The number of amides is 2. The molecule has 1 aliphatic heterocycles. The number of benzene rings is 1. The van der Waals surface area contributed by atoms with Crippen LogP contribution in [0.4, 0.5) is 4.79 Å². The molecule has 1 heterocycles. The molecule has 0 radical (unpaired) electrons. The number of hydrogen-bond acceptors (Lipinski definition) is 2. The Hall–Kier alpha value is -1.71. The summed E-state index contributed by atoms with van der Waals surface area (Å²) < 4.78 is 5.15. The maximum absolute atomic E-state index is 11.7. The van der Waals surface area contributed by atoms with E-state index in [-0.39, 0.29) is 6.03 Å². The first-order valence-corrected chi connectivity index (χ1v) is 6.41. The molecule has 1 aliphatic rings. The van der Waals surface area contributed by atoms with E-state index in [1.54, 1.807) is 7.11 Å². The Bertz CT molecular complexity index is 403. The second kappa shape index (κ2) is 5.76. The van der Waals surface area contributed by atoms with Gasteiger partial charge in [-0.05, 0) is 31.0 Å². The van der Waals surface area contributed by atoms with Crippen molar-refractivity contribution in [2.45, 2.75) is 19.3 Å². The number of carbonyl (C=O) groups is 1. The first-order valence-electron chi connectivity index (χ1n) is 6.41. The minimum absolute atomic E-state index is 0.0495. The van der Waals surface area contributed by atoms with Crippen molar-refractivity contribution in [2.24, 2.45) is 0 Å². The summed E-state index contributed by atoms with van der Waals surface area (Å²) in [6.45, 7) is 4.26. The maximum Gasteiger partial charge on any atom is 0.317 e. The molecule has 0 aromatic heterocycles. The monoisotopic (exact) mass is 248 g/mol. The van der Waals surface area contributed by atoms with Gasteiger partial charge in [-0.2, -0.15) is 0 Å². The molecule has 0 bridgehead atoms. The standard InChI is InChI=1S/C14H20N2O2/c1-3-15-14(17)16-9-8-12(10-16)11-4-6-13(18-2)7-5-11/h4-7,12H,3,8-10H2,1-2H3,(H,15,17). The van der Waals surface area contributed by atoms with Crippen molar-refractivity contribution in [2.75, 3.05) is 26.7 Å². The van der Waals surface area contributed by atoms with Crippen molar-refractivity contribution in [3.8, 4) is 5.75 Å². The van der Waals surface area contributed by atoms with Gasteiger partial charge in [-0.1, -0.05) is 12.1 Å². The number of methoxy groups -OCH3 is 1. The van der Waals surface area contributed by atoms with E-state index in [0.29, 0.717) is 12.5 Å². The summed E-state index contributed by atoms with van der Waals surface area (Å²) in [6.07, 6.45) is 1.03. The minimum atomic E-state index is 0.0495. The fourth-order valence-electron chi connectivity index (χ4n) is 2.36. The zero-order valence-corrected chi connectivity index (χ0v) is 11.0. The van der Waals surface area contributed by atoms with Crippen LogP contribution in [-0.4, -0.2) is 37.7 Å². The van der Waals surface area contributed by atoms with Crippen LogP contribution in [0.15, 0.2) is 24.3 Å². The average Bonchev–Trinajstić information content (AvgIpc) is 2.89. The molecule has 0 aliphatic carbocycles. The number of rotatable bonds is 3. The predicted octanol–water partition coefficient (Wildman–Crippen LogP) is 2.21. The smallest absolute Gasteiger partial charge is 0.317 e. The van der Waals surface area contributed by atoms with Gasteiger partial charge in [0.2, 0.25) is 0 Å². The topological polar surface area (TPSA) is 41.6 Å². The lowest BCUT2D eigenvalue weighted by atomic mass is 9.98. The predicted molar refractivity (Wildman–Crippen MR) is 71.0 cm³/mol. The van der Waals surface area contributed by atoms with Crippen LogP contribution in [0, 0.1) is 0 Å². The highest BCUT2D eigenvalue weighted by Crippen LogP contribution is 2.28. The van der Waals surface area contributed by atoms with Gasteiger partial charge in [-0.3, -0.25) is 0 Å². The van der Waals surface area contributed by atoms with E-state index in [1.165, 1.54) is 5.56 Å². The summed E-state index contributed by atoms with van der Waals surface area (Å²) in [7, 11) is 1.67. The summed E-state index contributed by atoms with van der Waals surface area (Å²) in [4.78, 5) is 13.6. The molecule has 4 heteroatoms. The Morgan fingerprint density at radius 3 is 2.78 bits per heavy atom. The fraction of sp³-hybridized carbons (Fsp3) is 0.500. The molecule has 1 unspecified atom stereocenters. The number of ether oxygens (including phenoxy) is 1. The highest BCUT2D eigenvalue weighted by atomic mass is 16.5. The Labute approximate surface area is 108 Å². The minimum Gasteiger partial charge on any atom is -0.497 e. The first kappa shape index (κ1) is 12.7. The highest BCUT2D eigenvalue weighted by Gasteiger charge is 2.26. The van der Waals surface area contributed by atoms with E-state index in [4.69, 9.17) is 4.74 Å². The third kappa shape index (κ3) is 2.75. The third-order valence-electron chi connectivity index (χ3n) is 3.39. The molecule has 4 nitrogen and oxygen atoms in total. The summed E-state index contributed by atoms with van der Waals surface area (Å²) in [6, 6.07) is 8.18. The molecule has 0 spiro atoms. The van der Waals surface area contributed by atoms with E-state index in [1.807, 2.05) is 24.0 Å². The zero-order valence-electron chi connectivity index (χ0n) is 11.0. The summed E-state index contributed by atoms with van der Waals surface area (Å²) in [5.74, 6) is 1.32. The second-order valence-electron chi connectivity index (χ2n) is 4.54. The van der Waals surface area contributed by atoms with Crippen molar-refractivity contribution in [3.63, 3.8) is 0 Å². The van der Waals surface area contributed by atoms with Crippen molar-refractivity contribution in [3.05, 3.63) is 29.8 Å². The number of carbonyl (C=O) groups excluding carboxylic acids is 1. The van der Waals surface area contributed by atoms with Crippen LogP contribution >= 0.6 is 0 Å². The fourth-order valence-corrected chi connectivity index (χ4v) is 2.36. The van der Waals surface area contributed by atoms with Gasteiger partial charge in [0.1, 0.15) is 5.75 Å². The maximum atomic E-state index is 11.7. The normalized spacial score (nSPS) is 18.8. The Kier molecular flexibility index (Phi) is 4.07. The van der Waals surface area contributed by atoms with E-state index in [9.17, 15) is 4.79 Å². The lowest BCUT2D eigenvalue weighted by Gasteiger charge is -2.17. The van der Waals surface area contributed by atoms with Gasteiger partial charge < -0.3 is 15.0 Å². The van der Waals surface area contributed by atoms with Crippen LogP contribution in [-0.2, 0) is 0 Å². The van der Waals surface area contributed by atoms with Crippen LogP contribution in [0.5, 0.6) is 5.75 Å². The van der Waals surface area contributed by atoms with Gasteiger partial charge in [0, 0.05) is 25.6 Å². The molecule has 1 atom stereocenters. The molecule has 1 N–H and O–H groups in total. The lowest BCUT2D eigenvalue weighted by molar-refractivity contribution is 0.209. The number of urea groups is 1. The molecular formula is C14H20N2O2. The summed E-state index contributed by atoms with van der Waals surface area (Å²) in [5, 5.41) is 2.84. The highest BCUT2D eigenvalue weighted by molar-refractivity contribution is 5.74. The Morgan fingerprint density at radius 1 is 1.44 bits per heavy atom. The lowest BCUT2D eigenvalue weighted by Crippen LogP contribution is -2.38. The van der Waals surface area contributed by atoms with E-state index < -0.39 is 0 Å². The Balaban J connectivity index is 1.97. The van der Waals surface area contributed by atoms with E-state index in [2.05, 4.69) is 17.4 Å². The molecule has 98 valence electrons. The summed E-state index contributed by atoms with van der Waals surface area (Å²) >= 11 is 0. The molecule has 1 aromatic rings. The SMILES string of the molecule is CCNC(=O)N1CCC(c2ccc(OC)cc2)C1. The van der Waals surface area contributed by atoms with Crippen molar-refractivity contribution in [1.29, 1.82) is 0 Å². The van der Waals surface area contributed by atoms with Crippen LogP contribution < -0.4 is 10.1 Å². The number of nitrogens with one attached hydrogen (secondary N) is 1. The first-order chi connectivity index (χ1) is 8.74. The number of hydrogen-bond donors (Lipinski definition) is 1. The van der Waals surface area contributed by atoms with Gasteiger partial charge in [-0.15, -0.1) is 0 Å². The molecule has 2 amide bonds. The van der Waals surface area contributed by atoms with Crippen LogP contribution in [0.2, 0.25) is 0 Å². The molecule has 0 saturated carbocycles. The molecule has 1 fully saturated rings. The number of likely N-dealkylation sites (tertiary alicyclic amines) is 1. The quantitative estimate of drug-likeness (QED) is 0.891. The van der Waals surface area contributed by atoms with E-state index >= 15 is 0 Å². The molecule has 2 rings (SSSR count). The zero-order chi connectivity index (χ0) is 13.0. The van der Waals surface area contributed by atoms with Gasteiger partial charge in [0.25, 0.3) is 0 Å². The van der Waals surface area contributed by atoms with Crippen molar-refractivity contribution < 1.29 is 9.53 Å². The van der Waals surface area contributed by atoms with Crippen LogP contribution in [0.3, 0.4) is 0 Å². The molecular weight excluding hydrogens is 228 g/mol. The third-order valence-corrected chi connectivity index (χ3v) is 3.39. The second-order valence-corrected chi connectivity index (χ2v) is 4.54. The summed E-state index contributed by atoms with van der Waals surface area (Å²) in [5.41, 5.74) is 1.28. The molecule has 18 heavy (non-hydrogen) atoms. The largest absolute Gasteiger partial charge is 0.497 e. The van der Waals surface area contributed by atoms with E-state index in [0.717, 1.165) is 25.3 Å². The van der Waals surface area contributed by atoms with Crippen LogP contribution in [0.25, 0.3) is 0 Å². The van der Waals surface area contributed by atoms with Gasteiger partial charge >= 0.3 is 6.03 Å². The van der Waals surface area contributed by atoms with Gasteiger partial charge in [0.15, 0.2) is 0 Å². The van der Waals surface area contributed by atoms with Gasteiger partial charge in [-0.25, -0.2) is 4.79 Å². The average molecular weight is 248 g/mol. The molecule has 1 aromatic carbocycles. The Morgan fingerprint density at radius 2 is 2.17 bits per heavy atom. The van der Waals surface area contributed by atoms with Gasteiger partial charge in [0.05, 0.1) is 7.11 Å². The molecule has 1 saturated heterocycles. The number of nitrogens with zero attached hydrogens (tertiary/aromatic N) is 1. The van der Waals surface area contributed by atoms with Crippen molar-refractivity contribution >= 4 is 6.03 Å². The van der Waals surface area contributed by atoms with Crippen LogP contribution in [0.1, 0.15) is 24.8 Å².